The number of rotatable bonds is 9. The summed E-state index contributed by atoms with van der Waals surface area (Å²) >= 11 is 0. The normalized spacial score (nSPS) is 23.6. The van der Waals surface area contributed by atoms with Gasteiger partial charge in [-0.15, -0.1) is 0 Å². The van der Waals surface area contributed by atoms with Crippen LogP contribution >= 0.6 is 0 Å². The van der Waals surface area contributed by atoms with Crippen LogP contribution in [0.15, 0.2) is 53.2 Å². The monoisotopic (exact) mass is 499 g/mol. The van der Waals surface area contributed by atoms with Gasteiger partial charge in [0, 0.05) is 25.2 Å². The molecule has 4 rings (SSSR count). The van der Waals surface area contributed by atoms with Crippen LogP contribution in [0.25, 0.3) is 0 Å². The van der Waals surface area contributed by atoms with Gasteiger partial charge in [-0.25, -0.2) is 8.42 Å². The molecule has 1 unspecified atom stereocenters. The lowest BCUT2D eigenvalue weighted by Gasteiger charge is -2.31. The van der Waals surface area contributed by atoms with Crippen molar-refractivity contribution in [1.82, 2.24) is 0 Å². The van der Waals surface area contributed by atoms with Gasteiger partial charge < -0.3 is 9.47 Å². The second-order valence-corrected chi connectivity index (χ2v) is 12.9. The van der Waals surface area contributed by atoms with Crippen LogP contribution in [0.3, 0.4) is 0 Å². The Morgan fingerprint density at radius 1 is 1.11 bits per heavy atom. The molecule has 192 valence electrons. The first-order valence-electron chi connectivity index (χ1n) is 13.0. The molecule has 1 saturated heterocycles. The van der Waals surface area contributed by atoms with E-state index in [0.717, 1.165) is 61.5 Å². The summed E-state index contributed by atoms with van der Waals surface area (Å²) in [6, 6.07) is 5.95. The Hall–Kier alpha value is -2.05. The first-order valence-corrected chi connectivity index (χ1v) is 14.5. The number of anilines is 1. The number of ether oxygens (including phenoxy) is 2. The third-order valence-corrected chi connectivity index (χ3v) is 9.30. The summed E-state index contributed by atoms with van der Waals surface area (Å²) in [5.74, 6) is 2.04. The van der Waals surface area contributed by atoms with Crippen LogP contribution in [0.2, 0.25) is 0 Å². The van der Waals surface area contributed by atoms with Gasteiger partial charge in [0.15, 0.2) is 0 Å². The number of allylic oxidation sites excluding steroid dienone is 4. The minimum atomic E-state index is -3.75. The van der Waals surface area contributed by atoms with Crippen molar-refractivity contribution in [2.75, 3.05) is 30.7 Å². The number of benzene rings is 1. The summed E-state index contributed by atoms with van der Waals surface area (Å²) in [5.41, 5.74) is 2.54. The minimum absolute atomic E-state index is 0.187. The van der Waals surface area contributed by atoms with E-state index in [-0.39, 0.29) is 11.3 Å². The van der Waals surface area contributed by atoms with Gasteiger partial charge in [-0.3, -0.25) is 4.31 Å². The molecule has 2 fully saturated rings. The van der Waals surface area contributed by atoms with Crippen molar-refractivity contribution in [3.8, 4) is 0 Å². The lowest BCUT2D eigenvalue weighted by Crippen LogP contribution is -2.35. The average molecular weight is 500 g/mol. The number of nitrogens with zero attached hydrogens (tertiary/aromatic N) is 1. The molecule has 0 bridgehead atoms. The Bertz CT molecular complexity index is 1110. The maximum atomic E-state index is 14.0. The molecule has 1 aliphatic heterocycles. The Morgan fingerprint density at radius 3 is 2.46 bits per heavy atom. The molecule has 1 saturated carbocycles. The van der Waals surface area contributed by atoms with Crippen LogP contribution in [0.5, 0.6) is 0 Å². The SMILES string of the molecule is Cc1ccc(N(CC(C)C)S(=O)(=O)C2=CC=C(OCC3CCOCC3)C(C)(C3CC3)C=C2)c(C)c1. The summed E-state index contributed by atoms with van der Waals surface area (Å²) in [6.45, 7) is 13.0. The van der Waals surface area contributed by atoms with E-state index in [9.17, 15) is 8.42 Å². The molecule has 0 N–H and O–H groups in total. The van der Waals surface area contributed by atoms with E-state index in [0.29, 0.717) is 29.9 Å². The summed E-state index contributed by atoms with van der Waals surface area (Å²) in [6.07, 6.45) is 11.9. The van der Waals surface area contributed by atoms with Crippen LogP contribution in [0.4, 0.5) is 5.69 Å². The second kappa shape index (κ2) is 10.5. The summed E-state index contributed by atoms with van der Waals surface area (Å²) in [4.78, 5) is 0.315. The molecule has 2 aliphatic carbocycles. The van der Waals surface area contributed by atoms with Crippen molar-refractivity contribution < 1.29 is 17.9 Å². The fourth-order valence-corrected chi connectivity index (χ4v) is 6.81. The van der Waals surface area contributed by atoms with E-state index < -0.39 is 10.0 Å². The highest BCUT2D eigenvalue weighted by molar-refractivity contribution is 7.96. The van der Waals surface area contributed by atoms with Crippen LogP contribution in [-0.2, 0) is 19.5 Å². The zero-order chi connectivity index (χ0) is 25.2. The summed E-state index contributed by atoms with van der Waals surface area (Å²) in [5, 5.41) is 0. The molecule has 0 amide bonds. The number of hydrogen-bond donors (Lipinski definition) is 0. The Balaban J connectivity index is 1.67. The molecule has 5 nitrogen and oxygen atoms in total. The predicted octanol–water partition coefficient (Wildman–Crippen LogP) is 6.29. The third-order valence-electron chi connectivity index (χ3n) is 7.50. The van der Waals surface area contributed by atoms with E-state index in [1.165, 1.54) is 0 Å². The number of hydrogen-bond acceptors (Lipinski definition) is 4. The smallest absolute Gasteiger partial charge is 0.264 e. The van der Waals surface area contributed by atoms with E-state index in [1.54, 1.807) is 10.4 Å². The first-order chi connectivity index (χ1) is 16.6. The molecule has 1 aromatic carbocycles. The first kappa shape index (κ1) is 26.0. The molecule has 0 spiro atoms. The molecule has 1 aromatic rings. The van der Waals surface area contributed by atoms with Crippen LogP contribution in [-0.4, -0.2) is 34.8 Å². The average Bonchev–Trinajstić information content (AvgIpc) is 3.66. The van der Waals surface area contributed by atoms with E-state index in [1.807, 2.05) is 44.2 Å². The lowest BCUT2D eigenvalue weighted by molar-refractivity contribution is 0.0283. The molecule has 0 aromatic heterocycles. The fourth-order valence-electron chi connectivity index (χ4n) is 5.12. The molecular formula is C29H41NO4S. The second-order valence-electron chi connectivity index (χ2n) is 11.1. The maximum Gasteiger partial charge on any atom is 0.264 e. The summed E-state index contributed by atoms with van der Waals surface area (Å²) in [7, 11) is -3.75. The van der Waals surface area contributed by atoms with Crippen LogP contribution in [0.1, 0.15) is 57.6 Å². The standard InChI is InChI=1S/C29H41NO4S/c1-21(2)19-30(27-10-6-22(3)18-23(27)4)35(31,32)26-9-11-28(29(5,15-12-26)25-7-8-25)34-20-24-13-16-33-17-14-24/h6,9-12,15,18,21,24-25H,7-8,13-14,16-17,19-20H2,1-5H3. The Labute approximate surface area is 211 Å². The Morgan fingerprint density at radius 2 is 1.83 bits per heavy atom. The van der Waals surface area contributed by atoms with Crippen molar-refractivity contribution in [2.24, 2.45) is 23.2 Å². The molecule has 35 heavy (non-hydrogen) atoms. The predicted molar refractivity (Wildman–Crippen MR) is 143 cm³/mol. The largest absolute Gasteiger partial charge is 0.497 e. The van der Waals surface area contributed by atoms with Gasteiger partial charge in [0.25, 0.3) is 10.0 Å². The molecule has 6 heteroatoms. The third kappa shape index (κ3) is 5.86. The zero-order valence-corrected chi connectivity index (χ0v) is 22.7. The van der Waals surface area contributed by atoms with Gasteiger partial charge in [0.05, 0.1) is 17.2 Å². The van der Waals surface area contributed by atoms with Crippen molar-refractivity contribution in [1.29, 1.82) is 0 Å². The van der Waals surface area contributed by atoms with Gasteiger partial charge in [-0.2, -0.15) is 0 Å². The summed E-state index contributed by atoms with van der Waals surface area (Å²) < 4.78 is 41.6. The molecule has 3 aliphatic rings. The van der Waals surface area contributed by atoms with Crippen molar-refractivity contribution >= 4 is 15.7 Å². The zero-order valence-electron chi connectivity index (χ0n) is 21.9. The fraction of sp³-hybridized carbons (Fsp3) is 0.586. The number of sulfonamides is 1. The minimum Gasteiger partial charge on any atom is -0.497 e. The van der Waals surface area contributed by atoms with E-state index in [2.05, 4.69) is 26.8 Å². The van der Waals surface area contributed by atoms with Gasteiger partial charge in [0.2, 0.25) is 0 Å². The highest BCUT2D eigenvalue weighted by Crippen LogP contribution is 2.52. The van der Waals surface area contributed by atoms with Crippen LogP contribution in [0, 0.1) is 37.0 Å². The van der Waals surface area contributed by atoms with Crippen molar-refractivity contribution in [3.63, 3.8) is 0 Å². The van der Waals surface area contributed by atoms with Gasteiger partial charge >= 0.3 is 0 Å². The molecule has 1 atom stereocenters. The van der Waals surface area contributed by atoms with Gasteiger partial charge in [-0.1, -0.05) is 37.6 Å². The van der Waals surface area contributed by atoms with Crippen LogP contribution < -0.4 is 4.31 Å². The number of aryl methyl sites for hydroxylation is 2. The Kier molecular flexibility index (Phi) is 7.82. The van der Waals surface area contributed by atoms with Crippen molar-refractivity contribution in [3.05, 3.63) is 64.3 Å². The molecule has 0 radical (unpaired) electrons. The van der Waals surface area contributed by atoms with Gasteiger partial charge in [0.1, 0.15) is 5.76 Å². The quantitative estimate of drug-likeness (QED) is 0.400. The molecular weight excluding hydrogens is 458 g/mol. The van der Waals surface area contributed by atoms with Gasteiger partial charge in [-0.05, 0) is 94.1 Å². The van der Waals surface area contributed by atoms with E-state index in [4.69, 9.17) is 9.47 Å². The van der Waals surface area contributed by atoms with Crippen molar-refractivity contribution in [2.45, 2.75) is 60.3 Å². The topological polar surface area (TPSA) is 55.8 Å². The highest BCUT2D eigenvalue weighted by atomic mass is 32.2. The highest BCUT2D eigenvalue weighted by Gasteiger charge is 2.44. The lowest BCUT2D eigenvalue weighted by atomic mass is 9.82. The van der Waals surface area contributed by atoms with E-state index >= 15 is 0 Å². The maximum absolute atomic E-state index is 14.0. The molecule has 1 heterocycles.